The summed E-state index contributed by atoms with van der Waals surface area (Å²) < 4.78 is 13.4. The molecule has 6 nitrogen and oxygen atoms in total. The maximum absolute atomic E-state index is 6.23. The molecule has 0 radical (unpaired) electrons. The highest BCUT2D eigenvalue weighted by Crippen LogP contribution is 2.46. The van der Waals surface area contributed by atoms with Crippen LogP contribution in [-0.2, 0) is 9.47 Å². The van der Waals surface area contributed by atoms with E-state index >= 15 is 0 Å². The Labute approximate surface area is 228 Å². The number of hydrazone groups is 1. The Balaban J connectivity index is 1.52. The van der Waals surface area contributed by atoms with Gasteiger partial charge in [0, 0.05) is 69.0 Å². The van der Waals surface area contributed by atoms with E-state index < -0.39 is 16.1 Å². The van der Waals surface area contributed by atoms with E-state index in [-0.39, 0.29) is 0 Å². The van der Waals surface area contributed by atoms with Crippen LogP contribution in [0, 0.1) is 17.8 Å². The molecule has 0 aromatic heterocycles. The maximum Gasteiger partial charge on any atom is 0.321 e. The smallest absolute Gasteiger partial charge is 0.321 e. The SMILES string of the molecule is C[Si](C)(C)CCOCN(COCC[Si](C)(C)C)C1=CC(C2C[C@H]3CC[C@@H](C2)C3)=NC2=C(I)[C+]=NN12. The number of ether oxygens (including phenoxy) is 2. The number of nitrogens with zero attached hydrogens (tertiary/aromatic N) is 4. The number of rotatable bonds is 12. The molecule has 2 saturated carbocycles. The third-order valence-corrected chi connectivity index (χ3v) is 11.6. The molecule has 2 bridgehead atoms. The fourth-order valence-electron chi connectivity index (χ4n) is 5.35. The summed E-state index contributed by atoms with van der Waals surface area (Å²) in [5.74, 6) is 4.22. The van der Waals surface area contributed by atoms with E-state index in [9.17, 15) is 0 Å². The van der Waals surface area contributed by atoms with Crippen LogP contribution in [0.2, 0.25) is 51.4 Å². The van der Waals surface area contributed by atoms with E-state index in [1.165, 1.54) is 37.8 Å². The van der Waals surface area contributed by atoms with Crippen molar-refractivity contribution in [2.45, 2.75) is 83.5 Å². The van der Waals surface area contributed by atoms with Crippen molar-refractivity contribution in [1.29, 1.82) is 0 Å². The standard InChI is InChI=1S/C26H44IN4O2Si2/c1-34(2,3)11-9-32-18-30(19-33-10-12-35(4,5)6)25-16-24(29-26-23(27)17-28-31(25)26)22-14-20-7-8-21(13-20)15-22/h16,20-22H,7-15,18-19H2,1-6H3/q+1/t20-,21+,22?. The first kappa shape index (κ1) is 27.4. The summed E-state index contributed by atoms with van der Waals surface area (Å²) in [5.41, 5.74) is 1.21. The molecule has 9 heteroatoms. The number of halogens is 1. The Kier molecular flexibility index (Phi) is 8.97. The highest BCUT2D eigenvalue weighted by Gasteiger charge is 2.42. The zero-order chi connectivity index (χ0) is 25.2. The van der Waals surface area contributed by atoms with Crippen molar-refractivity contribution in [3.8, 4) is 0 Å². The highest BCUT2D eigenvalue weighted by atomic mass is 127. The maximum atomic E-state index is 6.23. The van der Waals surface area contributed by atoms with Crippen LogP contribution in [0.1, 0.15) is 32.1 Å². The number of allylic oxidation sites excluding steroid dienone is 2. The predicted molar refractivity (Wildman–Crippen MR) is 159 cm³/mol. The van der Waals surface area contributed by atoms with E-state index in [2.05, 4.69) is 84.2 Å². The van der Waals surface area contributed by atoms with Gasteiger partial charge in [-0.25, -0.2) is 0 Å². The van der Waals surface area contributed by atoms with Crippen molar-refractivity contribution >= 4 is 50.7 Å². The van der Waals surface area contributed by atoms with Crippen molar-refractivity contribution in [2.24, 2.45) is 27.8 Å². The average Bonchev–Trinajstić information content (AvgIpc) is 3.31. The largest absolute Gasteiger partial charge is 0.361 e. The van der Waals surface area contributed by atoms with E-state index in [1.54, 1.807) is 0 Å². The summed E-state index contributed by atoms with van der Waals surface area (Å²) in [6.07, 6.45) is 12.2. The van der Waals surface area contributed by atoms with Crippen molar-refractivity contribution in [2.75, 3.05) is 26.7 Å². The number of aliphatic imine (C=N–C) groups is 1. The molecular formula is C26H44IN4O2Si2+. The van der Waals surface area contributed by atoms with Gasteiger partial charge in [-0.2, -0.15) is 0 Å². The predicted octanol–water partition coefficient (Wildman–Crippen LogP) is 6.82. The first-order valence-electron chi connectivity index (χ1n) is 13.4. The zero-order valence-corrected chi connectivity index (χ0v) is 26.7. The molecule has 4 rings (SSSR count). The van der Waals surface area contributed by atoms with Crippen molar-refractivity contribution in [3.05, 3.63) is 21.3 Å². The molecule has 0 N–H and O–H groups in total. The zero-order valence-electron chi connectivity index (χ0n) is 22.6. The lowest BCUT2D eigenvalue weighted by Crippen LogP contribution is -2.39. The lowest BCUT2D eigenvalue weighted by atomic mass is 9.78. The number of hydrogen-bond acceptors (Lipinski definition) is 6. The van der Waals surface area contributed by atoms with Crippen LogP contribution in [-0.4, -0.2) is 64.7 Å². The number of fused-ring (bicyclic) bond motifs is 3. The lowest BCUT2D eigenvalue weighted by Gasteiger charge is -2.33. The molecule has 2 heterocycles. The molecule has 2 fully saturated rings. The summed E-state index contributed by atoms with van der Waals surface area (Å²) >= 11 is 2.32. The van der Waals surface area contributed by atoms with E-state index in [4.69, 9.17) is 14.5 Å². The van der Waals surface area contributed by atoms with Crippen LogP contribution >= 0.6 is 22.6 Å². The van der Waals surface area contributed by atoms with Crippen LogP contribution in [0.4, 0.5) is 0 Å². The summed E-state index contributed by atoms with van der Waals surface area (Å²) in [7, 11) is -2.29. The average molecular weight is 628 g/mol. The molecule has 2 aliphatic carbocycles. The van der Waals surface area contributed by atoms with Crippen LogP contribution in [0.25, 0.3) is 0 Å². The molecule has 0 aromatic carbocycles. The van der Waals surface area contributed by atoms with Gasteiger partial charge < -0.3 is 14.4 Å². The van der Waals surface area contributed by atoms with Gasteiger partial charge in [-0.1, -0.05) is 57.1 Å². The van der Waals surface area contributed by atoms with Gasteiger partial charge in [0.2, 0.25) is 0 Å². The van der Waals surface area contributed by atoms with Gasteiger partial charge in [-0.05, 0) is 43.2 Å². The van der Waals surface area contributed by atoms with Crippen LogP contribution in [0.15, 0.2) is 31.4 Å². The quantitative estimate of drug-likeness (QED) is 0.0784. The Hall–Kier alpha value is -0.586. The third kappa shape index (κ3) is 7.71. The molecule has 3 atom stereocenters. The van der Waals surface area contributed by atoms with Gasteiger partial charge in [0.05, 0.1) is 5.71 Å². The molecular weight excluding hydrogens is 583 g/mol. The van der Waals surface area contributed by atoms with Crippen molar-refractivity contribution in [1.82, 2.24) is 9.91 Å². The first-order chi connectivity index (χ1) is 16.5. The van der Waals surface area contributed by atoms with Crippen LogP contribution < -0.4 is 0 Å². The van der Waals surface area contributed by atoms with Gasteiger partial charge in [-0.3, -0.25) is 0 Å². The molecule has 0 spiro atoms. The summed E-state index contributed by atoms with van der Waals surface area (Å²) in [6.45, 7) is 16.9. The molecule has 4 aliphatic rings. The van der Waals surface area contributed by atoms with E-state index in [0.717, 1.165) is 52.4 Å². The second kappa shape index (κ2) is 11.4. The highest BCUT2D eigenvalue weighted by molar-refractivity contribution is 14.1. The van der Waals surface area contributed by atoms with Gasteiger partial charge in [0.1, 0.15) is 13.5 Å². The van der Waals surface area contributed by atoms with E-state index in [0.29, 0.717) is 19.4 Å². The minimum atomic E-state index is -1.14. The third-order valence-electron chi connectivity index (χ3n) is 7.49. The lowest BCUT2D eigenvalue weighted by molar-refractivity contribution is -0.0328. The minimum Gasteiger partial charge on any atom is -0.361 e. The monoisotopic (exact) mass is 627 g/mol. The van der Waals surface area contributed by atoms with Gasteiger partial charge in [0.25, 0.3) is 6.21 Å². The fraction of sp³-hybridized carbons (Fsp3) is 0.769. The van der Waals surface area contributed by atoms with Gasteiger partial charge in [-0.15, -0.1) is 4.99 Å². The Bertz CT molecular complexity index is 857. The van der Waals surface area contributed by atoms with E-state index in [1.807, 2.05) is 5.01 Å². The van der Waals surface area contributed by atoms with Gasteiger partial charge >= 0.3 is 9.40 Å². The van der Waals surface area contributed by atoms with Crippen LogP contribution in [0.3, 0.4) is 0 Å². The van der Waals surface area contributed by atoms with Crippen LogP contribution in [0.5, 0.6) is 0 Å². The number of hydrogen-bond donors (Lipinski definition) is 0. The second-order valence-corrected chi connectivity index (χ2v) is 25.5. The van der Waals surface area contributed by atoms with Crippen molar-refractivity contribution < 1.29 is 9.47 Å². The topological polar surface area (TPSA) is 49.7 Å². The summed E-state index contributed by atoms with van der Waals surface area (Å²) in [5, 5.41) is 6.52. The van der Waals surface area contributed by atoms with Gasteiger partial charge in [0.15, 0.2) is 5.82 Å². The first-order valence-corrected chi connectivity index (χ1v) is 21.8. The molecule has 0 amide bonds. The van der Waals surface area contributed by atoms with Crippen molar-refractivity contribution in [3.63, 3.8) is 0 Å². The summed E-state index contributed by atoms with van der Waals surface area (Å²) in [6, 6.07) is 2.32. The molecule has 35 heavy (non-hydrogen) atoms. The molecule has 0 aromatic rings. The normalized spacial score (nSPS) is 26.0. The summed E-state index contributed by atoms with van der Waals surface area (Å²) in [4.78, 5) is 7.33. The molecule has 194 valence electrons. The molecule has 1 unspecified atom stereocenters. The molecule has 0 saturated heterocycles. The Morgan fingerprint density at radius 1 is 0.971 bits per heavy atom. The Morgan fingerprint density at radius 2 is 1.54 bits per heavy atom. The molecule has 2 aliphatic heterocycles. The minimum absolute atomic E-state index is 0.502. The fourth-order valence-corrected chi connectivity index (χ4v) is 7.32. The second-order valence-electron chi connectivity index (χ2n) is 13.1. The Morgan fingerprint density at radius 3 is 2.09 bits per heavy atom.